The Kier molecular flexibility index (Phi) is 7.52. The second-order valence-electron chi connectivity index (χ2n) is 12.6. The van der Waals surface area contributed by atoms with Gasteiger partial charge in [-0.25, -0.2) is 23.4 Å². The van der Waals surface area contributed by atoms with Crippen molar-refractivity contribution in [3.05, 3.63) is 53.6 Å². The summed E-state index contributed by atoms with van der Waals surface area (Å²) in [7, 11) is -3.64. The van der Waals surface area contributed by atoms with Gasteiger partial charge in [0, 0.05) is 35.1 Å². The molecule has 0 spiro atoms. The highest BCUT2D eigenvalue weighted by atomic mass is 32.2. The molecular weight excluding hydrogens is 524 g/mol. The van der Waals surface area contributed by atoms with Gasteiger partial charge in [-0.05, 0) is 66.8 Å². The van der Waals surface area contributed by atoms with E-state index in [1.165, 1.54) is 5.56 Å². The third-order valence-corrected chi connectivity index (χ3v) is 9.93. The number of aromatic nitrogens is 3. The van der Waals surface area contributed by atoms with Crippen molar-refractivity contribution in [1.82, 2.24) is 15.0 Å². The van der Waals surface area contributed by atoms with E-state index in [4.69, 9.17) is 21.2 Å². The number of hydrogen-bond donors (Lipinski definition) is 2. The summed E-state index contributed by atoms with van der Waals surface area (Å²) in [6.07, 6.45) is 6.75. The molecule has 0 saturated heterocycles. The van der Waals surface area contributed by atoms with E-state index in [2.05, 4.69) is 28.7 Å². The number of pyridine rings is 1. The van der Waals surface area contributed by atoms with Crippen LogP contribution in [-0.2, 0) is 29.2 Å². The number of anilines is 2. The van der Waals surface area contributed by atoms with Crippen LogP contribution < -0.4 is 21.1 Å². The fraction of sp³-hybridized carbons (Fsp3) is 0.500. The van der Waals surface area contributed by atoms with Crippen molar-refractivity contribution in [2.75, 3.05) is 36.1 Å². The first kappa shape index (κ1) is 28.3. The lowest BCUT2D eigenvalue weighted by atomic mass is 9.76. The van der Waals surface area contributed by atoms with Crippen molar-refractivity contribution in [3.63, 3.8) is 0 Å². The largest absolute Gasteiger partial charge is 0.491 e. The van der Waals surface area contributed by atoms with Crippen LogP contribution in [0.3, 0.4) is 0 Å². The quantitative estimate of drug-likeness (QED) is 0.433. The second kappa shape index (κ2) is 10.6. The van der Waals surface area contributed by atoms with Crippen LogP contribution in [0.4, 0.5) is 11.6 Å². The number of nitrogens with zero attached hydrogens (tertiary/aromatic N) is 4. The molecule has 1 aromatic carbocycles. The minimum absolute atomic E-state index is 0.00929. The molecule has 0 fully saturated rings. The van der Waals surface area contributed by atoms with Gasteiger partial charge < -0.3 is 21.1 Å². The lowest BCUT2D eigenvalue weighted by Crippen LogP contribution is -2.31. The second-order valence-corrected chi connectivity index (χ2v) is 14.7. The SMILES string of the molecule is CC(C)(CN)CCS(=O)(=O)c1cc(-c2ccc3c(c2)CN(c2ncnc4c2CC(C)(C)CC4)CCO3)cnc1N. The van der Waals surface area contributed by atoms with Crippen LogP contribution in [0.5, 0.6) is 5.75 Å². The van der Waals surface area contributed by atoms with Gasteiger partial charge >= 0.3 is 0 Å². The summed E-state index contributed by atoms with van der Waals surface area (Å²) >= 11 is 0. The van der Waals surface area contributed by atoms with Gasteiger partial charge in [-0.15, -0.1) is 0 Å². The molecule has 4 N–H and O–H groups in total. The highest BCUT2D eigenvalue weighted by Gasteiger charge is 2.31. The smallest absolute Gasteiger partial charge is 0.182 e. The normalized spacial score (nSPS) is 17.0. The summed E-state index contributed by atoms with van der Waals surface area (Å²) < 4.78 is 32.6. The van der Waals surface area contributed by atoms with E-state index in [0.29, 0.717) is 38.2 Å². The average Bonchev–Trinajstić information content (AvgIpc) is 3.13. The molecule has 0 atom stereocenters. The minimum Gasteiger partial charge on any atom is -0.491 e. The van der Waals surface area contributed by atoms with Gasteiger partial charge in [0.1, 0.15) is 35.2 Å². The maximum Gasteiger partial charge on any atom is 0.182 e. The Morgan fingerprint density at radius 2 is 1.93 bits per heavy atom. The predicted octanol–water partition coefficient (Wildman–Crippen LogP) is 4.18. The molecule has 10 heteroatoms. The highest BCUT2D eigenvalue weighted by Crippen LogP contribution is 2.39. The monoisotopic (exact) mass is 564 g/mol. The molecule has 0 saturated carbocycles. The molecule has 0 amide bonds. The lowest BCUT2D eigenvalue weighted by Gasteiger charge is -2.33. The molecule has 2 aliphatic rings. The number of benzene rings is 1. The van der Waals surface area contributed by atoms with Gasteiger partial charge in [0.25, 0.3) is 0 Å². The Hall–Kier alpha value is -3.24. The predicted molar refractivity (Wildman–Crippen MR) is 158 cm³/mol. The Balaban J connectivity index is 1.45. The van der Waals surface area contributed by atoms with Crippen molar-refractivity contribution >= 4 is 21.5 Å². The third kappa shape index (κ3) is 5.93. The number of nitrogen functional groups attached to an aromatic ring is 1. The molecule has 9 nitrogen and oxygen atoms in total. The maximum absolute atomic E-state index is 13.2. The van der Waals surface area contributed by atoms with Gasteiger partial charge in [-0.3, -0.25) is 0 Å². The zero-order chi connectivity index (χ0) is 28.7. The Bertz CT molecular complexity index is 1520. The summed E-state index contributed by atoms with van der Waals surface area (Å²) in [5, 5.41) is 0. The molecule has 214 valence electrons. The zero-order valence-corrected chi connectivity index (χ0v) is 24.7. The molecule has 1 aliphatic carbocycles. The van der Waals surface area contributed by atoms with Crippen molar-refractivity contribution in [1.29, 1.82) is 0 Å². The van der Waals surface area contributed by atoms with Crippen molar-refractivity contribution in [2.45, 2.75) is 64.8 Å². The summed E-state index contributed by atoms with van der Waals surface area (Å²) in [5.74, 6) is 1.76. The van der Waals surface area contributed by atoms with Crippen LogP contribution >= 0.6 is 0 Å². The Labute approximate surface area is 237 Å². The van der Waals surface area contributed by atoms with E-state index in [1.807, 2.05) is 32.0 Å². The van der Waals surface area contributed by atoms with Crippen LogP contribution in [-0.4, -0.2) is 48.8 Å². The van der Waals surface area contributed by atoms with Gasteiger partial charge in [-0.2, -0.15) is 0 Å². The summed E-state index contributed by atoms with van der Waals surface area (Å²) in [6, 6.07) is 7.56. The van der Waals surface area contributed by atoms with Gasteiger partial charge in [0.2, 0.25) is 0 Å². The first-order chi connectivity index (χ1) is 18.9. The van der Waals surface area contributed by atoms with E-state index in [0.717, 1.165) is 47.7 Å². The highest BCUT2D eigenvalue weighted by molar-refractivity contribution is 7.91. The van der Waals surface area contributed by atoms with E-state index in [-0.39, 0.29) is 27.3 Å². The fourth-order valence-electron chi connectivity index (χ4n) is 5.37. The zero-order valence-electron chi connectivity index (χ0n) is 23.9. The van der Waals surface area contributed by atoms with Crippen molar-refractivity contribution in [3.8, 4) is 16.9 Å². The van der Waals surface area contributed by atoms with E-state index >= 15 is 0 Å². The topological polar surface area (TPSA) is 137 Å². The van der Waals surface area contributed by atoms with E-state index < -0.39 is 9.84 Å². The lowest BCUT2D eigenvalue weighted by molar-refractivity contribution is 0.310. The Morgan fingerprint density at radius 3 is 2.70 bits per heavy atom. The first-order valence-corrected chi connectivity index (χ1v) is 15.5. The minimum atomic E-state index is -3.64. The van der Waals surface area contributed by atoms with Crippen molar-refractivity contribution in [2.24, 2.45) is 16.6 Å². The molecular formula is C30H40N6O3S. The number of fused-ring (bicyclic) bond motifs is 2. The maximum atomic E-state index is 13.2. The standard InChI is InChI=1S/C30H40N6O3S/c1-29(2)8-7-24-23(15-29)28(35-19-34-24)36-10-11-39-25-6-5-20(13-22(25)17-36)21-14-26(27(32)33-16-21)40(37,38)12-9-30(3,4)18-31/h5-6,13-14,16,19H,7-12,15,17-18,31H2,1-4H3,(H2,32,33). The summed E-state index contributed by atoms with van der Waals surface area (Å²) in [5.41, 5.74) is 16.7. The molecule has 1 aliphatic heterocycles. The molecule has 5 rings (SSSR count). The number of sulfone groups is 1. The van der Waals surface area contributed by atoms with Crippen molar-refractivity contribution < 1.29 is 13.2 Å². The van der Waals surface area contributed by atoms with Crippen LogP contribution in [0.25, 0.3) is 11.1 Å². The van der Waals surface area contributed by atoms with Crippen LogP contribution in [0.1, 0.15) is 57.4 Å². The van der Waals surface area contributed by atoms with Crippen LogP contribution in [0.2, 0.25) is 0 Å². The molecule has 40 heavy (non-hydrogen) atoms. The van der Waals surface area contributed by atoms with Gasteiger partial charge in [-0.1, -0.05) is 33.8 Å². The average molecular weight is 565 g/mol. The number of hydrogen-bond acceptors (Lipinski definition) is 9. The van der Waals surface area contributed by atoms with E-state index in [1.54, 1.807) is 18.6 Å². The Morgan fingerprint density at radius 1 is 1.12 bits per heavy atom. The third-order valence-electron chi connectivity index (χ3n) is 8.20. The molecule has 0 unspecified atom stereocenters. The number of ether oxygens (including phenoxy) is 1. The summed E-state index contributed by atoms with van der Waals surface area (Å²) in [4.78, 5) is 15.9. The number of aryl methyl sites for hydroxylation is 1. The molecule has 2 aromatic heterocycles. The molecule has 3 heterocycles. The number of rotatable bonds is 7. The van der Waals surface area contributed by atoms with E-state index in [9.17, 15) is 8.42 Å². The molecule has 0 bridgehead atoms. The van der Waals surface area contributed by atoms with Gasteiger partial charge in [0.15, 0.2) is 9.84 Å². The van der Waals surface area contributed by atoms with Crippen LogP contribution in [0, 0.1) is 10.8 Å². The fourth-order valence-corrected chi connectivity index (χ4v) is 7.09. The first-order valence-electron chi connectivity index (χ1n) is 13.9. The van der Waals surface area contributed by atoms with Gasteiger partial charge in [0.05, 0.1) is 12.3 Å². The summed E-state index contributed by atoms with van der Waals surface area (Å²) in [6.45, 7) is 10.8. The number of nitrogens with two attached hydrogens (primary N) is 2. The van der Waals surface area contributed by atoms with Crippen LogP contribution in [0.15, 0.2) is 41.7 Å². The molecule has 3 aromatic rings. The molecule has 0 radical (unpaired) electrons.